The van der Waals surface area contributed by atoms with Crippen LogP contribution in [0.15, 0.2) is 16.9 Å². The number of nitrogens with zero attached hydrogens (tertiary/aromatic N) is 1. The fourth-order valence-corrected chi connectivity index (χ4v) is 3.08. The van der Waals surface area contributed by atoms with Gasteiger partial charge in [-0.1, -0.05) is 91.4 Å². The van der Waals surface area contributed by atoms with Crippen LogP contribution in [0.4, 0.5) is 0 Å². The van der Waals surface area contributed by atoms with E-state index in [-0.39, 0.29) is 11.0 Å². The minimum atomic E-state index is -0.126. The summed E-state index contributed by atoms with van der Waals surface area (Å²) in [6, 6.07) is 3.43. The number of aromatic amines is 1. The summed E-state index contributed by atoms with van der Waals surface area (Å²) in [5.74, 6) is 0. The molecule has 23 heavy (non-hydrogen) atoms. The first kappa shape index (κ1) is 19.9. The topological polar surface area (TPSA) is 45.8 Å². The van der Waals surface area contributed by atoms with Crippen LogP contribution in [0.3, 0.4) is 0 Å². The fraction of sp³-hybridized carbons (Fsp3) is 0.800. The standard InChI is InChI=1S/C20H36N2O/c1-4-5-6-7-8-9-10-11-12-13-14-17-20(2,3)18-15-16-19(23)22-21-18/h15-16H,4-14,17H2,1-3H3,(H,22,23). The Balaban J connectivity index is 2.04. The van der Waals surface area contributed by atoms with Crippen molar-refractivity contribution in [1.82, 2.24) is 10.2 Å². The highest BCUT2D eigenvalue weighted by molar-refractivity contribution is 5.11. The Morgan fingerprint density at radius 1 is 0.870 bits per heavy atom. The number of rotatable bonds is 13. The van der Waals surface area contributed by atoms with Gasteiger partial charge in [0, 0.05) is 11.5 Å². The molecule has 0 saturated carbocycles. The van der Waals surface area contributed by atoms with E-state index in [2.05, 4.69) is 31.0 Å². The van der Waals surface area contributed by atoms with Gasteiger partial charge in [-0.25, -0.2) is 5.10 Å². The maximum Gasteiger partial charge on any atom is 0.264 e. The Morgan fingerprint density at radius 3 is 1.87 bits per heavy atom. The summed E-state index contributed by atoms with van der Waals surface area (Å²) in [4.78, 5) is 11.1. The van der Waals surface area contributed by atoms with Crippen LogP contribution >= 0.6 is 0 Å². The number of nitrogens with one attached hydrogen (secondary N) is 1. The van der Waals surface area contributed by atoms with Gasteiger partial charge in [-0.05, 0) is 12.5 Å². The highest BCUT2D eigenvalue weighted by Crippen LogP contribution is 2.27. The molecule has 0 spiro atoms. The van der Waals surface area contributed by atoms with Crippen LogP contribution in [0.25, 0.3) is 0 Å². The lowest BCUT2D eigenvalue weighted by atomic mass is 9.83. The normalized spacial score (nSPS) is 11.8. The Hall–Kier alpha value is -1.12. The predicted molar refractivity (Wildman–Crippen MR) is 99.0 cm³/mol. The molecule has 1 heterocycles. The molecule has 0 radical (unpaired) electrons. The molecule has 1 rings (SSSR count). The molecule has 3 heteroatoms. The van der Waals surface area contributed by atoms with E-state index in [1.54, 1.807) is 6.07 Å². The molecule has 0 aliphatic rings. The van der Waals surface area contributed by atoms with E-state index in [0.29, 0.717) is 0 Å². The largest absolute Gasteiger partial charge is 0.268 e. The first-order valence-electron chi connectivity index (χ1n) is 9.62. The third-order valence-corrected chi connectivity index (χ3v) is 4.78. The van der Waals surface area contributed by atoms with E-state index in [4.69, 9.17) is 0 Å². The Bertz CT molecular complexity index is 444. The van der Waals surface area contributed by atoms with Crippen LogP contribution in [0.2, 0.25) is 0 Å². The first-order valence-corrected chi connectivity index (χ1v) is 9.62. The summed E-state index contributed by atoms with van der Waals surface area (Å²) in [5.41, 5.74) is 0.909. The zero-order valence-electron chi connectivity index (χ0n) is 15.5. The van der Waals surface area contributed by atoms with Crippen molar-refractivity contribution in [3.05, 3.63) is 28.2 Å². The molecule has 1 N–H and O–H groups in total. The Labute approximate surface area is 142 Å². The Kier molecular flexibility index (Phi) is 9.89. The molecule has 0 bridgehead atoms. The molecule has 1 aromatic rings. The van der Waals surface area contributed by atoms with Crippen LogP contribution in [0.5, 0.6) is 0 Å². The molecule has 0 aliphatic heterocycles. The van der Waals surface area contributed by atoms with Crippen molar-refractivity contribution in [3.8, 4) is 0 Å². The van der Waals surface area contributed by atoms with E-state index in [1.807, 2.05) is 6.07 Å². The van der Waals surface area contributed by atoms with E-state index in [1.165, 1.54) is 70.6 Å². The van der Waals surface area contributed by atoms with Gasteiger partial charge in [0.2, 0.25) is 0 Å². The monoisotopic (exact) mass is 320 g/mol. The van der Waals surface area contributed by atoms with Crippen LogP contribution in [-0.2, 0) is 5.41 Å². The third-order valence-electron chi connectivity index (χ3n) is 4.78. The molecule has 0 unspecified atom stereocenters. The second-order valence-corrected chi connectivity index (χ2v) is 7.48. The molecule has 1 aromatic heterocycles. The maximum atomic E-state index is 11.1. The van der Waals surface area contributed by atoms with E-state index in [9.17, 15) is 4.79 Å². The molecule has 0 fully saturated rings. The van der Waals surface area contributed by atoms with E-state index < -0.39 is 0 Å². The van der Waals surface area contributed by atoms with Crippen molar-refractivity contribution in [2.45, 2.75) is 103 Å². The van der Waals surface area contributed by atoms with E-state index in [0.717, 1.165) is 12.1 Å². The molecule has 0 atom stereocenters. The van der Waals surface area contributed by atoms with Crippen LogP contribution in [0.1, 0.15) is 104 Å². The average Bonchev–Trinajstić information content (AvgIpc) is 2.53. The number of hydrogen-bond donors (Lipinski definition) is 1. The summed E-state index contributed by atoms with van der Waals surface area (Å²) >= 11 is 0. The number of hydrogen-bond acceptors (Lipinski definition) is 2. The third kappa shape index (κ3) is 8.92. The average molecular weight is 321 g/mol. The lowest BCUT2D eigenvalue weighted by Gasteiger charge is -2.23. The van der Waals surface area contributed by atoms with Crippen molar-refractivity contribution in [3.63, 3.8) is 0 Å². The molecular formula is C20H36N2O. The summed E-state index contributed by atoms with van der Waals surface area (Å²) < 4.78 is 0. The minimum absolute atomic E-state index is 0.0451. The van der Waals surface area contributed by atoms with Crippen molar-refractivity contribution in [2.75, 3.05) is 0 Å². The Morgan fingerprint density at radius 2 is 1.39 bits per heavy atom. The molecule has 0 saturated heterocycles. The van der Waals surface area contributed by atoms with Crippen molar-refractivity contribution in [1.29, 1.82) is 0 Å². The molecule has 0 aliphatic carbocycles. The van der Waals surface area contributed by atoms with Gasteiger partial charge < -0.3 is 0 Å². The summed E-state index contributed by atoms with van der Waals surface area (Å²) in [6.07, 6.45) is 16.2. The summed E-state index contributed by atoms with van der Waals surface area (Å²) in [6.45, 7) is 6.70. The number of unbranched alkanes of at least 4 members (excludes halogenated alkanes) is 10. The molecule has 0 aromatic carbocycles. The van der Waals surface area contributed by atoms with Gasteiger partial charge in [-0.3, -0.25) is 4.79 Å². The zero-order valence-corrected chi connectivity index (χ0v) is 15.5. The highest BCUT2D eigenvalue weighted by Gasteiger charge is 2.21. The molecule has 3 nitrogen and oxygen atoms in total. The summed E-state index contributed by atoms with van der Waals surface area (Å²) in [5, 5.41) is 6.73. The predicted octanol–water partition coefficient (Wildman–Crippen LogP) is 5.75. The van der Waals surface area contributed by atoms with Crippen molar-refractivity contribution >= 4 is 0 Å². The van der Waals surface area contributed by atoms with Crippen LogP contribution in [-0.4, -0.2) is 10.2 Å². The second-order valence-electron chi connectivity index (χ2n) is 7.48. The van der Waals surface area contributed by atoms with Crippen LogP contribution < -0.4 is 5.56 Å². The highest BCUT2D eigenvalue weighted by atomic mass is 16.1. The van der Waals surface area contributed by atoms with E-state index >= 15 is 0 Å². The second kappa shape index (κ2) is 11.4. The zero-order chi connectivity index (χ0) is 17.0. The van der Waals surface area contributed by atoms with Gasteiger partial charge in [0.25, 0.3) is 5.56 Å². The van der Waals surface area contributed by atoms with Crippen molar-refractivity contribution in [2.24, 2.45) is 0 Å². The smallest absolute Gasteiger partial charge is 0.264 e. The minimum Gasteiger partial charge on any atom is -0.268 e. The SMILES string of the molecule is CCCCCCCCCCCCCC(C)(C)c1ccc(=O)[nH]n1. The lowest BCUT2D eigenvalue weighted by Crippen LogP contribution is -2.21. The lowest BCUT2D eigenvalue weighted by molar-refractivity contribution is 0.426. The van der Waals surface area contributed by atoms with Crippen molar-refractivity contribution < 1.29 is 0 Å². The number of H-pyrrole nitrogens is 1. The quantitative estimate of drug-likeness (QED) is 0.470. The van der Waals surface area contributed by atoms with Gasteiger partial charge in [0.15, 0.2) is 0 Å². The van der Waals surface area contributed by atoms with Crippen LogP contribution in [0, 0.1) is 0 Å². The van der Waals surface area contributed by atoms with Gasteiger partial charge in [-0.2, -0.15) is 5.10 Å². The summed E-state index contributed by atoms with van der Waals surface area (Å²) in [7, 11) is 0. The van der Waals surface area contributed by atoms with Gasteiger partial charge in [-0.15, -0.1) is 0 Å². The first-order chi connectivity index (χ1) is 11.1. The van der Waals surface area contributed by atoms with Gasteiger partial charge in [0.05, 0.1) is 5.69 Å². The molecule has 0 amide bonds. The van der Waals surface area contributed by atoms with Gasteiger partial charge in [0.1, 0.15) is 0 Å². The fourth-order valence-electron chi connectivity index (χ4n) is 3.08. The molecular weight excluding hydrogens is 284 g/mol. The van der Waals surface area contributed by atoms with Gasteiger partial charge >= 0.3 is 0 Å². The number of aromatic nitrogens is 2. The maximum absolute atomic E-state index is 11.1. The molecule has 132 valence electrons.